The highest BCUT2D eigenvalue weighted by atomic mass is 19.1. The summed E-state index contributed by atoms with van der Waals surface area (Å²) < 4.78 is 18.5. The molecular weight excluding hydrogens is 421 g/mol. The number of carbonyl (C=O) groups excluding carboxylic acids is 1. The van der Waals surface area contributed by atoms with Crippen molar-refractivity contribution in [2.24, 2.45) is 5.92 Å². The van der Waals surface area contributed by atoms with E-state index >= 15 is 0 Å². The van der Waals surface area contributed by atoms with Gasteiger partial charge in [0.2, 0.25) is 17.6 Å². The zero-order valence-electron chi connectivity index (χ0n) is 19.6. The number of aromatic nitrogens is 2. The Morgan fingerprint density at radius 3 is 2.70 bits per heavy atom. The molecule has 2 aliphatic rings. The monoisotopic (exact) mass is 457 g/mol. The van der Waals surface area contributed by atoms with Crippen molar-refractivity contribution in [3.63, 3.8) is 0 Å². The molecule has 180 valence electrons. The second-order valence-corrected chi connectivity index (χ2v) is 9.31. The number of halogens is 1. The number of benzene rings is 1. The van der Waals surface area contributed by atoms with Crippen molar-refractivity contribution < 1.29 is 13.7 Å². The Bertz CT molecular complexity index is 879. The third kappa shape index (κ3) is 6.60. The van der Waals surface area contributed by atoms with E-state index < -0.39 is 0 Å². The first-order valence-corrected chi connectivity index (χ1v) is 12.4. The topological polar surface area (TPSA) is 74.5 Å². The zero-order valence-corrected chi connectivity index (χ0v) is 19.6. The summed E-state index contributed by atoms with van der Waals surface area (Å²) in [7, 11) is 0. The first-order valence-electron chi connectivity index (χ1n) is 12.4. The van der Waals surface area contributed by atoms with Crippen LogP contribution in [0.1, 0.15) is 57.8 Å². The predicted octanol–water partition coefficient (Wildman–Crippen LogP) is 3.86. The van der Waals surface area contributed by atoms with E-state index in [1.54, 1.807) is 12.1 Å². The second-order valence-electron chi connectivity index (χ2n) is 9.31. The van der Waals surface area contributed by atoms with Gasteiger partial charge in [-0.3, -0.25) is 9.69 Å². The Labute approximate surface area is 195 Å². The van der Waals surface area contributed by atoms with Crippen molar-refractivity contribution in [1.29, 1.82) is 0 Å². The molecule has 1 aromatic carbocycles. The van der Waals surface area contributed by atoms with E-state index in [9.17, 15) is 9.18 Å². The number of hydrogen-bond acceptors (Lipinski definition) is 6. The van der Waals surface area contributed by atoms with Gasteiger partial charge in [-0.25, -0.2) is 4.39 Å². The highest BCUT2D eigenvalue weighted by Gasteiger charge is 2.26. The van der Waals surface area contributed by atoms with Gasteiger partial charge in [-0.1, -0.05) is 18.5 Å². The molecule has 7 nitrogen and oxygen atoms in total. The van der Waals surface area contributed by atoms with Crippen LogP contribution in [0.5, 0.6) is 0 Å². The summed E-state index contributed by atoms with van der Waals surface area (Å²) in [6, 6.07) is 6.78. The largest absolute Gasteiger partial charge is 0.356 e. The molecule has 1 unspecified atom stereocenters. The number of nitrogens with one attached hydrogen (secondary N) is 1. The molecular formula is C25H36FN5O2. The molecule has 0 saturated carbocycles. The van der Waals surface area contributed by atoms with Crippen LogP contribution in [0.3, 0.4) is 0 Å². The normalized spacial score (nSPS) is 20.7. The van der Waals surface area contributed by atoms with Gasteiger partial charge >= 0.3 is 0 Å². The lowest BCUT2D eigenvalue weighted by Gasteiger charge is -2.35. The Morgan fingerprint density at radius 1 is 1.15 bits per heavy atom. The van der Waals surface area contributed by atoms with Crippen LogP contribution in [0.25, 0.3) is 11.4 Å². The first-order chi connectivity index (χ1) is 16.1. The van der Waals surface area contributed by atoms with Crippen LogP contribution >= 0.6 is 0 Å². The standard InChI is InChI=1S/C25H36FN5O2/c1-2-22-6-3-4-14-31(22)15-5-13-27-25(32)20-11-16-30(17-12-20)18-23-28-24(29-33-23)19-7-9-21(26)10-8-19/h7-10,20,22H,2-6,11-18H2,1H3,(H,27,32). The predicted molar refractivity (Wildman–Crippen MR) is 125 cm³/mol. The van der Waals surface area contributed by atoms with Gasteiger partial charge < -0.3 is 14.7 Å². The molecule has 33 heavy (non-hydrogen) atoms. The molecule has 2 saturated heterocycles. The molecule has 2 fully saturated rings. The molecule has 3 heterocycles. The van der Waals surface area contributed by atoms with Gasteiger partial charge in [0.05, 0.1) is 6.54 Å². The minimum absolute atomic E-state index is 0.0806. The summed E-state index contributed by atoms with van der Waals surface area (Å²) in [6.45, 7) is 7.56. The average Bonchev–Trinajstić information content (AvgIpc) is 3.31. The van der Waals surface area contributed by atoms with Crippen LogP contribution in [-0.2, 0) is 11.3 Å². The quantitative estimate of drug-likeness (QED) is 0.577. The number of amides is 1. The van der Waals surface area contributed by atoms with Crippen LogP contribution in [-0.4, -0.2) is 64.6 Å². The van der Waals surface area contributed by atoms with Crippen molar-refractivity contribution in [3.8, 4) is 11.4 Å². The summed E-state index contributed by atoms with van der Waals surface area (Å²) in [5.41, 5.74) is 0.729. The van der Waals surface area contributed by atoms with E-state index in [2.05, 4.69) is 32.2 Å². The van der Waals surface area contributed by atoms with E-state index in [1.807, 2.05) is 0 Å². The zero-order chi connectivity index (χ0) is 23.0. The molecule has 0 aliphatic carbocycles. The van der Waals surface area contributed by atoms with E-state index in [-0.39, 0.29) is 17.6 Å². The average molecular weight is 458 g/mol. The van der Waals surface area contributed by atoms with E-state index in [0.29, 0.717) is 18.3 Å². The van der Waals surface area contributed by atoms with Crippen molar-refractivity contribution >= 4 is 5.91 Å². The summed E-state index contributed by atoms with van der Waals surface area (Å²) in [6.07, 6.45) is 7.91. The number of nitrogens with zero attached hydrogens (tertiary/aromatic N) is 4. The third-order valence-corrected chi connectivity index (χ3v) is 7.03. The lowest BCUT2D eigenvalue weighted by atomic mass is 9.96. The van der Waals surface area contributed by atoms with Gasteiger partial charge in [0.25, 0.3) is 0 Å². The number of piperidine rings is 2. The number of carbonyl (C=O) groups is 1. The minimum Gasteiger partial charge on any atom is -0.356 e. The summed E-state index contributed by atoms with van der Waals surface area (Å²) >= 11 is 0. The fraction of sp³-hybridized carbons (Fsp3) is 0.640. The lowest BCUT2D eigenvalue weighted by molar-refractivity contribution is -0.126. The highest BCUT2D eigenvalue weighted by Crippen LogP contribution is 2.22. The maximum atomic E-state index is 13.1. The van der Waals surface area contributed by atoms with Crippen molar-refractivity contribution in [2.45, 2.75) is 64.5 Å². The van der Waals surface area contributed by atoms with Crippen LogP contribution in [0.2, 0.25) is 0 Å². The van der Waals surface area contributed by atoms with Crippen molar-refractivity contribution in [2.75, 3.05) is 32.7 Å². The molecule has 8 heteroatoms. The molecule has 2 aromatic rings. The van der Waals surface area contributed by atoms with E-state index in [4.69, 9.17) is 4.52 Å². The Morgan fingerprint density at radius 2 is 1.94 bits per heavy atom. The van der Waals surface area contributed by atoms with E-state index in [0.717, 1.165) is 57.0 Å². The summed E-state index contributed by atoms with van der Waals surface area (Å²) in [5, 5.41) is 7.17. The SMILES string of the molecule is CCC1CCCCN1CCCNC(=O)C1CCN(Cc2nc(-c3ccc(F)cc3)no2)CC1. The fourth-order valence-corrected chi connectivity index (χ4v) is 5.03. The molecule has 1 amide bonds. The lowest BCUT2D eigenvalue weighted by Crippen LogP contribution is -2.42. The van der Waals surface area contributed by atoms with Crippen molar-refractivity contribution in [1.82, 2.24) is 25.3 Å². The van der Waals surface area contributed by atoms with Gasteiger partial charge in [-0.15, -0.1) is 0 Å². The molecule has 0 radical (unpaired) electrons. The Hall–Kier alpha value is -2.32. The Balaban J connectivity index is 1.15. The van der Waals surface area contributed by atoms with Crippen LogP contribution in [0.15, 0.2) is 28.8 Å². The number of rotatable bonds is 9. The second kappa shape index (κ2) is 11.7. The van der Waals surface area contributed by atoms with Gasteiger partial charge in [0, 0.05) is 30.6 Å². The molecule has 1 aromatic heterocycles. The number of likely N-dealkylation sites (tertiary alicyclic amines) is 2. The molecule has 1 N–H and O–H groups in total. The number of hydrogen-bond donors (Lipinski definition) is 1. The minimum atomic E-state index is -0.290. The molecule has 1 atom stereocenters. The smallest absolute Gasteiger partial charge is 0.241 e. The molecule has 0 spiro atoms. The Kier molecular flexibility index (Phi) is 8.45. The maximum Gasteiger partial charge on any atom is 0.241 e. The third-order valence-electron chi connectivity index (χ3n) is 7.03. The van der Waals surface area contributed by atoms with Gasteiger partial charge in [-0.05, 0) is 82.4 Å². The van der Waals surface area contributed by atoms with Crippen LogP contribution < -0.4 is 5.32 Å². The van der Waals surface area contributed by atoms with Crippen LogP contribution in [0.4, 0.5) is 4.39 Å². The fourth-order valence-electron chi connectivity index (χ4n) is 5.03. The van der Waals surface area contributed by atoms with Gasteiger partial charge in [0.15, 0.2) is 0 Å². The summed E-state index contributed by atoms with van der Waals surface area (Å²) in [4.78, 5) is 21.9. The summed E-state index contributed by atoms with van der Waals surface area (Å²) in [5.74, 6) is 0.990. The highest BCUT2D eigenvalue weighted by molar-refractivity contribution is 5.78. The molecule has 4 rings (SSSR count). The van der Waals surface area contributed by atoms with E-state index in [1.165, 1.54) is 44.4 Å². The molecule has 2 aliphatic heterocycles. The van der Waals surface area contributed by atoms with Crippen LogP contribution in [0, 0.1) is 11.7 Å². The first kappa shape index (κ1) is 23.8. The molecule has 0 bridgehead atoms. The van der Waals surface area contributed by atoms with Crippen molar-refractivity contribution in [3.05, 3.63) is 36.0 Å². The maximum absolute atomic E-state index is 13.1. The van der Waals surface area contributed by atoms with Gasteiger partial charge in [-0.2, -0.15) is 4.98 Å². The van der Waals surface area contributed by atoms with Gasteiger partial charge in [0.1, 0.15) is 5.82 Å².